The molecule has 0 bridgehead atoms. The number of nitrogens with zero attached hydrogens (tertiary/aromatic N) is 1. The fourth-order valence-electron chi connectivity index (χ4n) is 2.72. The SMILES string of the molecule is C[C@@H](Nc1ccc([N+](=O)[O-])cc1Cl)c1ccc2c(c1)CCC(=O)N2. The lowest BCUT2D eigenvalue weighted by Crippen LogP contribution is -2.19. The van der Waals surface area contributed by atoms with Crippen molar-refractivity contribution >= 4 is 34.6 Å². The number of carbonyl (C=O) groups excluding carboxylic acids is 1. The third-order valence-corrected chi connectivity index (χ3v) is 4.37. The number of halogens is 1. The van der Waals surface area contributed by atoms with Crippen LogP contribution < -0.4 is 10.6 Å². The van der Waals surface area contributed by atoms with Crippen LogP contribution >= 0.6 is 11.6 Å². The number of non-ortho nitro benzene ring substituents is 1. The van der Waals surface area contributed by atoms with E-state index >= 15 is 0 Å². The van der Waals surface area contributed by atoms with Gasteiger partial charge in [-0.2, -0.15) is 0 Å². The van der Waals surface area contributed by atoms with Crippen molar-refractivity contribution in [3.05, 3.63) is 62.7 Å². The highest BCUT2D eigenvalue weighted by atomic mass is 35.5. The molecule has 24 heavy (non-hydrogen) atoms. The van der Waals surface area contributed by atoms with Gasteiger partial charge in [0.2, 0.25) is 5.91 Å². The molecule has 1 aliphatic heterocycles. The molecular formula is C17H16ClN3O3. The number of aryl methyl sites for hydroxylation is 1. The summed E-state index contributed by atoms with van der Waals surface area (Å²) in [7, 11) is 0. The van der Waals surface area contributed by atoms with Gasteiger partial charge in [-0.1, -0.05) is 23.7 Å². The second-order valence-corrected chi connectivity index (χ2v) is 6.16. The lowest BCUT2D eigenvalue weighted by atomic mass is 9.97. The summed E-state index contributed by atoms with van der Waals surface area (Å²) in [6, 6.07) is 10.2. The summed E-state index contributed by atoms with van der Waals surface area (Å²) in [4.78, 5) is 21.7. The number of benzene rings is 2. The van der Waals surface area contributed by atoms with Crippen LogP contribution in [0.25, 0.3) is 0 Å². The van der Waals surface area contributed by atoms with E-state index in [2.05, 4.69) is 16.7 Å². The molecule has 0 saturated heterocycles. The summed E-state index contributed by atoms with van der Waals surface area (Å²) < 4.78 is 0. The summed E-state index contributed by atoms with van der Waals surface area (Å²) in [5.74, 6) is 0.0408. The van der Waals surface area contributed by atoms with Crippen LogP contribution in [0.4, 0.5) is 17.1 Å². The van der Waals surface area contributed by atoms with Gasteiger partial charge in [-0.25, -0.2) is 0 Å². The molecule has 0 radical (unpaired) electrons. The Hall–Kier alpha value is -2.60. The molecule has 2 N–H and O–H groups in total. The fraction of sp³-hybridized carbons (Fsp3) is 0.235. The van der Waals surface area contributed by atoms with Gasteiger partial charge in [0.1, 0.15) is 0 Å². The Kier molecular flexibility index (Phi) is 4.40. The van der Waals surface area contributed by atoms with Gasteiger partial charge in [0.15, 0.2) is 0 Å². The van der Waals surface area contributed by atoms with E-state index < -0.39 is 4.92 Å². The minimum Gasteiger partial charge on any atom is -0.377 e. The number of carbonyl (C=O) groups is 1. The molecule has 2 aromatic rings. The van der Waals surface area contributed by atoms with Crippen LogP contribution in [0.2, 0.25) is 5.02 Å². The number of nitro benzene ring substituents is 1. The number of amides is 1. The number of fused-ring (bicyclic) bond motifs is 1. The number of rotatable bonds is 4. The molecule has 1 amide bonds. The molecule has 1 heterocycles. The summed E-state index contributed by atoms with van der Waals surface area (Å²) in [6.45, 7) is 1.99. The summed E-state index contributed by atoms with van der Waals surface area (Å²) in [5, 5.41) is 17.2. The Bertz CT molecular complexity index is 823. The Morgan fingerprint density at radius 2 is 2.04 bits per heavy atom. The van der Waals surface area contributed by atoms with Gasteiger partial charge in [-0.05, 0) is 36.6 Å². The maximum atomic E-state index is 11.4. The third kappa shape index (κ3) is 3.33. The van der Waals surface area contributed by atoms with Crippen molar-refractivity contribution in [2.24, 2.45) is 0 Å². The van der Waals surface area contributed by atoms with E-state index in [4.69, 9.17) is 11.6 Å². The zero-order valence-corrected chi connectivity index (χ0v) is 13.8. The molecule has 6 nitrogen and oxygen atoms in total. The van der Waals surface area contributed by atoms with E-state index in [1.165, 1.54) is 12.1 Å². The van der Waals surface area contributed by atoms with Crippen LogP contribution in [0.3, 0.4) is 0 Å². The first-order chi connectivity index (χ1) is 11.4. The zero-order chi connectivity index (χ0) is 17.3. The molecule has 0 fully saturated rings. The predicted octanol–water partition coefficient (Wildman–Crippen LogP) is 4.31. The molecule has 3 rings (SSSR count). The Balaban J connectivity index is 1.79. The Morgan fingerprint density at radius 1 is 1.25 bits per heavy atom. The van der Waals surface area contributed by atoms with E-state index in [-0.39, 0.29) is 17.6 Å². The van der Waals surface area contributed by atoms with Gasteiger partial charge in [0, 0.05) is 30.3 Å². The maximum Gasteiger partial charge on any atom is 0.271 e. The van der Waals surface area contributed by atoms with Crippen molar-refractivity contribution in [2.45, 2.75) is 25.8 Å². The highest BCUT2D eigenvalue weighted by molar-refractivity contribution is 6.33. The topological polar surface area (TPSA) is 84.3 Å². The van der Waals surface area contributed by atoms with Crippen LogP contribution in [-0.4, -0.2) is 10.8 Å². The standard InChI is InChI=1S/C17H16ClN3O3/c1-10(19-16-6-4-13(21(23)24)9-14(16)18)11-2-5-15-12(8-11)3-7-17(22)20-15/h2,4-6,8-10,19H,3,7H2,1H3,(H,20,22)/t10-/m1/s1. The third-order valence-electron chi connectivity index (χ3n) is 4.06. The molecule has 1 aliphatic rings. The van der Waals surface area contributed by atoms with Crippen LogP contribution in [0.15, 0.2) is 36.4 Å². The van der Waals surface area contributed by atoms with Gasteiger partial charge < -0.3 is 10.6 Å². The summed E-state index contributed by atoms with van der Waals surface area (Å²) in [6.07, 6.45) is 1.21. The van der Waals surface area contributed by atoms with Crippen LogP contribution in [0.1, 0.15) is 30.5 Å². The second kappa shape index (κ2) is 6.49. The molecule has 0 aromatic heterocycles. The van der Waals surface area contributed by atoms with Crippen molar-refractivity contribution in [3.63, 3.8) is 0 Å². The van der Waals surface area contributed by atoms with Crippen molar-refractivity contribution in [1.82, 2.24) is 0 Å². The Labute approximate surface area is 144 Å². The van der Waals surface area contributed by atoms with Gasteiger partial charge in [-0.15, -0.1) is 0 Å². The van der Waals surface area contributed by atoms with Gasteiger partial charge in [-0.3, -0.25) is 14.9 Å². The average molecular weight is 346 g/mol. The van der Waals surface area contributed by atoms with Crippen LogP contribution in [0, 0.1) is 10.1 Å². The molecule has 0 saturated carbocycles. The van der Waals surface area contributed by atoms with Crippen molar-refractivity contribution in [1.29, 1.82) is 0 Å². The lowest BCUT2D eigenvalue weighted by Gasteiger charge is -2.21. The van der Waals surface area contributed by atoms with Gasteiger partial charge >= 0.3 is 0 Å². The van der Waals surface area contributed by atoms with Crippen LogP contribution in [-0.2, 0) is 11.2 Å². The highest BCUT2D eigenvalue weighted by Gasteiger charge is 2.17. The zero-order valence-electron chi connectivity index (χ0n) is 13.0. The first kappa shape index (κ1) is 16.3. The molecular weight excluding hydrogens is 330 g/mol. The Morgan fingerprint density at radius 3 is 2.75 bits per heavy atom. The number of hydrogen-bond acceptors (Lipinski definition) is 4. The number of nitrogens with one attached hydrogen (secondary N) is 2. The largest absolute Gasteiger partial charge is 0.377 e. The lowest BCUT2D eigenvalue weighted by molar-refractivity contribution is -0.384. The normalized spacial score (nSPS) is 14.5. The smallest absolute Gasteiger partial charge is 0.271 e. The van der Waals surface area contributed by atoms with Crippen molar-refractivity contribution in [2.75, 3.05) is 10.6 Å². The van der Waals surface area contributed by atoms with E-state index in [1.807, 2.05) is 19.1 Å². The second-order valence-electron chi connectivity index (χ2n) is 5.75. The van der Waals surface area contributed by atoms with E-state index in [0.717, 1.165) is 23.2 Å². The summed E-state index contributed by atoms with van der Waals surface area (Å²) >= 11 is 6.12. The van der Waals surface area contributed by atoms with Crippen LogP contribution in [0.5, 0.6) is 0 Å². The molecule has 0 aliphatic carbocycles. The molecule has 7 heteroatoms. The van der Waals surface area contributed by atoms with Gasteiger partial charge in [0.25, 0.3) is 5.69 Å². The highest BCUT2D eigenvalue weighted by Crippen LogP contribution is 2.31. The molecule has 0 spiro atoms. The molecule has 0 unspecified atom stereocenters. The first-order valence-electron chi connectivity index (χ1n) is 7.57. The number of nitro groups is 1. The van der Waals surface area contributed by atoms with Crippen molar-refractivity contribution < 1.29 is 9.72 Å². The average Bonchev–Trinajstić information content (AvgIpc) is 2.55. The number of anilines is 2. The summed E-state index contributed by atoms with van der Waals surface area (Å²) in [5.41, 5.74) is 3.62. The molecule has 2 aromatic carbocycles. The fourth-order valence-corrected chi connectivity index (χ4v) is 2.95. The predicted molar refractivity (Wildman–Crippen MR) is 93.5 cm³/mol. The van der Waals surface area contributed by atoms with E-state index in [9.17, 15) is 14.9 Å². The minimum absolute atomic E-state index is 0.0353. The van der Waals surface area contributed by atoms with Gasteiger partial charge in [0.05, 0.1) is 15.6 Å². The monoisotopic (exact) mass is 345 g/mol. The first-order valence-corrected chi connectivity index (χ1v) is 7.95. The van der Waals surface area contributed by atoms with E-state index in [0.29, 0.717) is 17.1 Å². The quantitative estimate of drug-likeness (QED) is 0.639. The van der Waals surface area contributed by atoms with Crippen molar-refractivity contribution in [3.8, 4) is 0 Å². The molecule has 1 atom stereocenters. The number of hydrogen-bond donors (Lipinski definition) is 2. The molecule has 124 valence electrons. The minimum atomic E-state index is -0.475. The maximum absolute atomic E-state index is 11.4. The van der Waals surface area contributed by atoms with E-state index in [1.54, 1.807) is 6.07 Å².